The summed E-state index contributed by atoms with van der Waals surface area (Å²) in [4.78, 5) is 48.0. The van der Waals surface area contributed by atoms with Crippen molar-refractivity contribution in [3.05, 3.63) is 39.4 Å². The Morgan fingerprint density at radius 3 is 1.86 bits per heavy atom. The molecule has 0 heterocycles. The smallest absolute Gasteiger partial charge is 0.420 e. The summed E-state index contributed by atoms with van der Waals surface area (Å²) in [5.74, 6) is -0.876. The molecule has 0 atom stereocenters. The van der Waals surface area contributed by atoms with Crippen molar-refractivity contribution in [3.63, 3.8) is 0 Å². The lowest BCUT2D eigenvalue weighted by atomic mass is 10.1. The van der Waals surface area contributed by atoms with Gasteiger partial charge in [-0.2, -0.15) is 0 Å². The Bertz CT molecular complexity index is 777. The van der Waals surface area contributed by atoms with Crippen LogP contribution in [0.15, 0.2) is 18.2 Å². The molecular formula is C19H26N2O8. The summed E-state index contributed by atoms with van der Waals surface area (Å²) >= 11 is 0. The van der Waals surface area contributed by atoms with Crippen molar-refractivity contribution in [3.8, 4) is 0 Å². The molecule has 2 amide bonds. The fourth-order valence-electron chi connectivity index (χ4n) is 2.13. The highest BCUT2D eigenvalue weighted by atomic mass is 16.6. The van der Waals surface area contributed by atoms with Gasteiger partial charge in [0, 0.05) is 6.07 Å². The Hall–Kier alpha value is -3.17. The second-order valence-electron chi connectivity index (χ2n) is 8.15. The molecule has 0 aliphatic carbocycles. The van der Waals surface area contributed by atoms with Gasteiger partial charge in [-0.3, -0.25) is 10.1 Å². The third-order valence-corrected chi connectivity index (χ3v) is 3.23. The molecule has 1 rings (SSSR count). The minimum atomic E-state index is -0.966. The van der Waals surface area contributed by atoms with E-state index in [-0.39, 0.29) is 17.7 Å². The molecule has 0 aromatic heterocycles. The van der Waals surface area contributed by atoms with Gasteiger partial charge in [-0.1, -0.05) is 6.07 Å². The largest absolute Gasteiger partial charge is 0.465 e. The van der Waals surface area contributed by atoms with E-state index >= 15 is 0 Å². The summed E-state index contributed by atoms with van der Waals surface area (Å²) in [6, 6.07) is 3.66. The Labute approximate surface area is 168 Å². The molecule has 0 saturated carbocycles. The van der Waals surface area contributed by atoms with E-state index in [0.717, 1.165) is 13.2 Å². The van der Waals surface area contributed by atoms with Crippen LogP contribution in [0.2, 0.25) is 0 Å². The molecule has 0 aliphatic rings. The predicted molar refractivity (Wildman–Crippen MR) is 102 cm³/mol. The Balaban J connectivity index is 3.29. The molecule has 0 spiro atoms. The first-order valence-electron chi connectivity index (χ1n) is 8.74. The molecule has 0 unspecified atom stereocenters. The van der Waals surface area contributed by atoms with Crippen LogP contribution in [0, 0.1) is 10.1 Å². The topological polar surface area (TPSA) is 125 Å². The van der Waals surface area contributed by atoms with Gasteiger partial charge in [0.1, 0.15) is 16.8 Å². The predicted octanol–water partition coefficient (Wildman–Crippen LogP) is 4.05. The number of esters is 1. The molecule has 0 fully saturated rings. The average Bonchev–Trinajstić information content (AvgIpc) is 2.55. The maximum Gasteiger partial charge on any atom is 0.420 e. The van der Waals surface area contributed by atoms with Gasteiger partial charge >= 0.3 is 18.2 Å². The maximum atomic E-state index is 12.5. The highest BCUT2D eigenvalue weighted by molar-refractivity contribution is 5.94. The molecular weight excluding hydrogens is 384 g/mol. The van der Waals surface area contributed by atoms with E-state index in [2.05, 4.69) is 4.74 Å². The number of rotatable bonds is 4. The van der Waals surface area contributed by atoms with Crippen molar-refractivity contribution in [2.75, 3.05) is 7.11 Å². The average molecular weight is 410 g/mol. The lowest BCUT2D eigenvalue weighted by Gasteiger charge is -2.28. The van der Waals surface area contributed by atoms with Crippen LogP contribution in [0.3, 0.4) is 0 Å². The molecule has 0 bridgehead atoms. The van der Waals surface area contributed by atoms with Crippen molar-refractivity contribution in [2.45, 2.75) is 59.3 Å². The van der Waals surface area contributed by atoms with Crippen molar-refractivity contribution in [1.29, 1.82) is 0 Å². The monoisotopic (exact) mass is 410 g/mol. The number of carbonyl (C=O) groups excluding carboxylic acids is 3. The fourth-order valence-corrected chi connectivity index (χ4v) is 2.13. The summed E-state index contributed by atoms with van der Waals surface area (Å²) in [6.07, 6.45) is -1.93. The van der Waals surface area contributed by atoms with Crippen LogP contribution in [0.4, 0.5) is 15.3 Å². The third-order valence-electron chi connectivity index (χ3n) is 3.23. The van der Waals surface area contributed by atoms with Crippen molar-refractivity contribution < 1.29 is 33.5 Å². The van der Waals surface area contributed by atoms with Gasteiger partial charge in [0.2, 0.25) is 0 Å². The summed E-state index contributed by atoms with van der Waals surface area (Å²) in [6.45, 7) is 9.44. The van der Waals surface area contributed by atoms with E-state index in [4.69, 9.17) is 9.47 Å². The zero-order valence-electron chi connectivity index (χ0n) is 17.6. The Morgan fingerprint density at radius 2 is 1.48 bits per heavy atom. The highest BCUT2D eigenvalue weighted by Crippen LogP contribution is 2.23. The maximum absolute atomic E-state index is 12.5. The first kappa shape index (κ1) is 23.9. The van der Waals surface area contributed by atoms with Crippen molar-refractivity contribution in [2.24, 2.45) is 0 Å². The summed E-state index contributed by atoms with van der Waals surface area (Å²) in [7, 11) is 1.10. The van der Waals surface area contributed by atoms with Gasteiger partial charge in [0.25, 0.3) is 5.69 Å². The molecule has 160 valence electrons. The van der Waals surface area contributed by atoms with Gasteiger partial charge in [-0.15, -0.1) is 0 Å². The first-order chi connectivity index (χ1) is 13.1. The van der Waals surface area contributed by atoms with Crippen molar-refractivity contribution >= 4 is 23.8 Å². The third kappa shape index (κ3) is 7.40. The molecule has 10 nitrogen and oxygen atoms in total. The summed E-state index contributed by atoms with van der Waals surface area (Å²) in [5, 5.41) is 11.3. The van der Waals surface area contributed by atoms with E-state index in [0.29, 0.717) is 4.90 Å². The number of nitro groups is 1. The number of benzene rings is 1. The molecule has 0 saturated heterocycles. The fraction of sp³-hybridized carbons (Fsp3) is 0.526. The minimum Gasteiger partial charge on any atom is -0.465 e. The van der Waals surface area contributed by atoms with Crippen LogP contribution in [-0.4, -0.2) is 46.3 Å². The summed E-state index contributed by atoms with van der Waals surface area (Å²) in [5.41, 5.74) is -2.29. The highest BCUT2D eigenvalue weighted by Gasteiger charge is 2.32. The van der Waals surface area contributed by atoms with Crippen LogP contribution in [0.1, 0.15) is 57.5 Å². The van der Waals surface area contributed by atoms with Gasteiger partial charge < -0.3 is 14.2 Å². The number of nitro benzene ring substituents is 1. The Kier molecular flexibility index (Phi) is 7.32. The molecule has 1 aromatic rings. The van der Waals surface area contributed by atoms with E-state index in [1.165, 1.54) is 12.1 Å². The van der Waals surface area contributed by atoms with Crippen molar-refractivity contribution in [1.82, 2.24) is 4.90 Å². The normalized spacial score (nSPS) is 11.4. The zero-order chi connectivity index (χ0) is 22.6. The minimum absolute atomic E-state index is 0.223. The molecule has 0 aliphatic heterocycles. The molecule has 0 radical (unpaired) electrons. The van der Waals surface area contributed by atoms with Gasteiger partial charge in [0.05, 0.1) is 18.6 Å². The van der Waals surface area contributed by atoms with Gasteiger partial charge in [0.15, 0.2) is 0 Å². The number of carbonyl (C=O) groups is 3. The zero-order valence-corrected chi connectivity index (χ0v) is 17.6. The van der Waals surface area contributed by atoms with Crippen LogP contribution < -0.4 is 0 Å². The van der Waals surface area contributed by atoms with Gasteiger partial charge in [-0.05, 0) is 53.2 Å². The SMILES string of the molecule is COC(=O)c1ccc(CN(C(=O)OC(C)(C)C)C(=O)OC(C)(C)C)cc1[N+](=O)[O-]. The van der Waals surface area contributed by atoms with E-state index < -0.39 is 40.0 Å². The quantitative estimate of drug-likeness (QED) is 0.315. The van der Waals surface area contributed by atoms with Crippen LogP contribution in [0.5, 0.6) is 0 Å². The lowest BCUT2D eigenvalue weighted by Crippen LogP contribution is -2.43. The number of imide groups is 1. The van der Waals surface area contributed by atoms with Crippen LogP contribution >= 0.6 is 0 Å². The number of methoxy groups -OCH3 is 1. The standard InChI is InChI=1S/C19H26N2O8/c1-18(2,3)28-16(23)20(17(24)29-19(4,5)6)11-12-8-9-13(15(22)27-7)14(10-12)21(25)26/h8-10H,11H2,1-7H3. The Morgan fingerprint density at radius 1 is 1.00 bits per heavy atom. The molecule has 1 aromatic carbocycles. The second kappa shape index (κ2) is 8.89. The number of hydrogen-bond acceptors (Lipinski definition) is 8. The number of ether oxygens (including phenoxy) is 3. The first-order valence-corrected chi connectivity index (χ1v) is 8.74. The van der Waals surface area contributed by atoms with E-state index in [1.807, 2.05) is 0 Å². The number of amides is 2. The van der Waals surface area contributed by atoms with E-state index in [9.17, 15) is 24.5 Å². The van der Waals surface area contributed by atoms with E-state index in [1.54, 1.807) is 41.5 Å². The van der Waals surface area contributed by atoms with Gasteiger partial charge in [-0.25, -0.2) is 19.3 Å². The summed E-state index contributed by atoms with van der Waals surface area (Å²) < 4.78 is 15.0. The van der Waals surface area contributed by atoms with Crippen LogP contribution in [0.25, 0.3) is 0 Å². The number of nitrogens with zero attached hydrogens (tertiary/aromatic N) is 2. The second-order valence-corrected chi connectivity index (χ2v) is 8.15. The lowest BCUT2D eigenvalue weighted by molar-refractivity contribution is -0.385. The molecule has 29 heavy (non-hydrogen) atoms. The van der Waals surface area contributed by atoms with Crippen LogP contribution in [-0.2, 0) is 20.8 Å². The molecule has 0 N–H and O–H groups in total. The number of hydrogen-bond donors (Lipinski definition) is 0. The molecule has 10 heteroatoms.